The third kappa shape index (κ3) is 2.42. The number of nitrogens with one attached hydrogen (secondary N) is 2. The summed E-state index contributed by atoms with van der Waals surface area (Å²) in [6, 6.07) is 7.77. The number of aromatic amines is 1. The van der Waals surface area contributed by atoms with Crippen LogP contribution >= 0.6 is 11.3 Å². The third-order valence-electron chi connectivity index (χ3n) is 3.06. The van der Waals surface area contributed by atoms with Crippen LogP contribution in [-0.4, -0.2) is 27.5 Å². The van der Waals surface area contributed by atoms with Crippen LogP contribution in [0.25, 0.3) is 10.9 Å². The van der Waals surface area contributed by atoms with Crippen LogP contribution in [0.3, 0.4) is 0 Å². The van der Waals surface area contributed by atoms with Crippen molar-refractivity contribution in [1.82, 2.24) is 15.2 Å². The van der Waals surface area contributed by atoms with Gasteiger partial charge in [0.15, 0.2) is 5.78 Å². The summed E-state index contributed by atoms with van der Waals surface area (Å²) in [5.41, 5.74) is 1.67. The predicted molar refractivity (Wildman–Crippen MR) is 80.4 cm³/mol. The summed E-state index contributed by atoms with van der Waals surface area (Å²) in [4.78, 5) is 15.3. The number of aryl methyl sites for hydroxylation is 1. The third-order valence-corrected chi connectivity index (χ3v) is 4.08. The lowest BCUT2D eigenvalue weighted by molar-refractivity contribution is 0.101. The van der Waals surface area contributed by atoms with Crippen molar-refractivity contribution >= 4 is 33.2 Å². The van der Waals surface area contributed by atoms with Crippen LogP contribution in [0.2, 0.25) is 0 Å². The molecule has 102 valence electrons. The van der Waals surface area contributed by atoms with E-state index in [2.05, 4.69) is 20.5 Å². The van der Waals surface area contributed by atoms with Gasteiger partial charge in [0.05, 0.1) is 6.54 Å². The maximum atomic E-state index is 12.2. The quantitative estimate of drug-likeness (QED) is 0.707. The largest absolute Gasteiger partial charge is 0.360 e. The number of para-hydroxylation sites is 1. The van der Waals surface area contributed by atoms with Gasteiger partial charge in [-0.3, -0.25) is 4.79 Å². The second kappa shape index (κ2) is 5.42. The Morgan fingerprint density at radius 2 is 2.20 bits per heavy atom. The minimum Gasteiger partial charge on any atom is -0.360 e. The van der Waals surface area contributed by atoms with E-state index in [1.165, 1.54) is 11.3 Å². The second-order valence-electron chi connectivity index (χ2n) is 4.38. The van der Waals surface area contributed by atoms with Crippen LogP contribution in [0, 0.1) is 0 Å². The lowest BCUT2D eigenvalue weighted by atomic mass is 10.1. The lowest BCUT2D eigenvalue weighted by Gasteiger charge is -2.00. The molecule has 20 heavy (non-hydrogen) atoms. The minimum atomic E-state index is 0.0377. The van der Waals surface area contributed by atoms with Gasteiger partial charge >= 0.3 is 0 Å². The second-order valence-corrected chi connectivity index (χ2v) is 5.44. The number of benzene rings is 1. The summed E-state index contributed by atoms with van der Waals surface area (Å²) in [6.07, 6.45) is 2.61. The number of anilines is 1. The number of hydrogen-bond acceptors (Lipinski definition) is 5. The van der Waals surface area contributed by atoms with Gasteiger partial charge in [0.1, 0.15) is 5.01 Å². The Kier molecular flexibility index (Phi) is 3.47. The molecule has 0 spiro atoms. The monoisotopic (exact) mass is 286 g/mol. The SMILES string of the molecule is CCc1nnc(NCC(=O)c2c[nH]c3ccccc23)s1. The van der Waals surface area contributed by atoms with E-state index in [1.807, 2.05) is 31.2 Å². The number of nitrogens with zero attached hydrogens (tertiary/aromatic N) is 2. The van der Waals surface area contributed by atoms with Gasteiger partial charge in [0, 0.05) is 22.7 Å². The van der Waals surface area contributed by atoms with Gasteiger partial charge in [-0.1, -0.05) is 36.5 Å². The molecule has 0 atom stereocenters. The van der Waals surface area contributed by atoms with E-state index in [0.717, 1.165) is 22.3 Å². The Bertz CT molecular complexity index is 746. The minimum absolute atomic E-state index is 0.0377. The first-order chi connectivity index (χ1) is 9.78. The number of Topliss-reactive ketones (excluding diaryl/α,β-unsaturated/α-hetero) is 1. The zero-order valence-corrected chi connectivity index (χ0v) is 11.8. The molecule has 3 aromatic rings. The van der Waals surface area contributed by atoms with Crippen molar-refractivity contribution in [3.8, 4) is 0 Å². The molecule has 0 unspecified atom stereocenters. The molecule has 0 aliphatic carbocycles. The molecule has 0 bridgehead atoms. The highest BCUT2D eigenvalue weighted by Gasteiger charge is 2.12. The Morgan fingerprint density at radius 1 is 1.35 bits per heavy atom. The number of fused-ring (bicyclic) bond motifs is 1. The Hall–Kier alpha value is -2.21. The Morgan fingerprint density at radius 3 is 3.00 bits per heavy atom. The molecule has 0 saturated heterocycles. The van der Waals surface area contributed by atoms with E-state index >= 15 is 0 Å². The van der Waals surface area contributed by atoms with Crippen molar-refractivity contribution in [1.29, 1.82) is 0 Å². The summed E-state index contributed by atoms with van der Waals surface area (Å²) in [6.45, 7) is 2.25. The van der Waals surface area contributed by atoms with Crippen LogP contribution in [0.15, 0.2) is 30.5 Å². The highest BCUT2D eigenvalue weighted by Crippen LogP contribution is 2.19. The lowest BCUT2D eigenvalue weighted by Crippen LogP contribution is -2.13. The maximum absolute atomic E-state index is 12.2. The highest BCUT2D eigenvalue weighted by molar-refractivity contribution is 7.15. The molecule has 5 nitrogen and oxygen atoms in total. The van der Waals surface area contributed by atoms with Gasteiger partial charge < -0.3 is 10.3 Å². The zero-order chi connectivity index (χ0) is 13.9. The number of carbonyl (C=O) groups excluding carboxylic acids is 1. The van der Waals surface area contributed by atoms with E-state index < -0.39 is 0 Å². The smallest absolute Gasteiger partial charge is 0.206 e. The van der Waals surface area contributed by atoms with Crippen LogP contribution in [0.1, 0.15) is 22.3 Å². The fourth-order valence-corrected chi connectivity index (χ4v) is 2.70. The number of hydrogen-bond donors (Lipinski definition) is 2. The van der Waals surface area contributed by atoms with E-state index in [1.54, 1.807) is 6.20 Å². The first-order valence-electron chi connectivity index (χ1n) is 6.43. The van der Waals surface area contributed by atoms with Crippen LogP contribution in [0.5, 0.6) is 0 Å². The summed E-state index contributed by atoms with van der Waals surface area (Å²) in [5, 5.41) is 13.7. The van der Waals surface area contributed by atoms with Crippen LogP contribution in [0.4, 0.5) is 5.13 Å². The van der Waals surface area contributed by atoms with Crippen molar-refractivity contribution in [3.05, 3.63) is 41.0 Å². The molecule has 0 saturated carbocycles. The van der Waals surface area contributed by atoms with E-state index in [4.69, 9.17) is 0 Å². The molecule has 0 aliphatic rings. The van der Waals surface area contributed by atoms with Gasteiger partial charge in [-0.15, -0.1) is 10.2 Å². The molecule has 0 fully saturated rings. The Labute approximate surface area is 120 Å². The molecule has 6 heteroatoms. The van der Waals surface area contributed by atoms with Gasteiger partial charge in [-0.2, -0.15) is 0 Å². The van der Waals surface area contributed by atoms with Gasteiger partial charge in [0.25, 0.3) is 0 Å². The molecule has 0 amide bonds. The zero-order valence-electron chi connectivity index (χ0n) is 11.0. The summed E-state index contributed by atoms with van der Waals surface area (Å²) in [5.74, 6) is 0.0377. The van der Waals surface area contributed by atoms with Crippen LogP contribution in [-0.2, 0) is 6.42 Å². The van der Waals surface area contributed by atoms with Crippen LogP contribution < -0.4 is 5.32 Å². The predicted octanol–water partition coefficient (Wildman–Crippen LogP) is 2.88. The maximum Gasteiger partial charge on any atom is 0.206 e. The van der Waals surface area contributed by atoms with Crippen molar-refractivity contribution in [2.45, 2.75) is 13.3 Å². The molecular weight excluding hydrogens is 272 g/mol. The van der Waals surface area contributed by atoms with E-state index in [9.17, 15) is 4.79 Å². The highest BCUT2D eigenvalue weighted by atomic mass is 32.1. The number of aromatic nitrogens is 3. The molecule has 1 aromatic carbocycles. The van der Waals surface area contributed by atoms with Crippen molar-refractivity contribution in [2.75, 3.05) is 11.9 Å². The topological polar surface area (TPSA) is 70.7 Å². The average molecular weight is 286 g/mol. The molecular formula is C14H14N4OS. The summed E-state index contributed by atoms with van der Waals surface area (Å²) in [7, 11) is 0. The molecule has 2 heterocycles. The fourth-order valence-electron chi connectivity index (χ4n) is 2.02. The fraction of sp³-hybridized carbons (Fsp3) is 0.214. The average Bonchev–Trinajstić information content (AvgIpc) is 3.11. The normalized spacial score (nSPS) is 10.8. The van der Waals surface area contributed by atoms with Crippen molar-refractivity contribution < 1.29 is 4.79 Å². The van der Waals surface area contributed by atoms with Crippen molar-refractivity contribution in [2.24, 2.45) is 0 Å². The standard InChI is InChI=1S/C14H14N4OS/c1-2-13-17-18-14(20-13)16-8-12(19)10-7-15-11-6-4-3-5-9(10)11/h3-7,15H,2,8H2,1H3,(H,16,18). The van der Waals surface area contributed by atoms with Crippen molar-refractivity contribution in [3.63, 3.8) is 0 Å². The number of ketones is 1. The summed E-state index contributed by atoms with van der Waals surface area (Å²) >= 11 is 1.48. The first kappa shape index (κ1) is 12.8. The molecule has 2 N–H and O–H groups in total. The first-order valence-corrected chi connectivity index (χ1v) is 7.25. The van der Waals surface area contributed by atoms with Gasteiger partial charge in [-0.05, 0) is 12.5 Å². The van der Waals surface area contributed by atoms with E-state index in [-0.39, 0.29) is 12.3 Å². The van der Waals surface area contributed by atoms with E-state index in [0.29, 0.717) is 10.7 Å². The molecule has 3 rings (SSSR count). The molecule has 0 radical (unpaired) electrons. The summed E-state index contributed by atoms with van der Waals surface area (Å²) < 4.78 is 0. The molecule has 0 aliphatic heterocycles. The Balaban J connectivity index is 1.73. The number of H-pyrrole nitrogens is 1. The van der Waals surface area contributed by atoms with Gasteiger partial charge in [0.2, 0.25) is 5.13 Å². The number of rotatable bonds is 5. The van der Waals surface area contributed by atoms with Gasteiger partial charge in [-0.25, -0.2) is 0 Å². The molecule has 2 aromatic heterocycles. The number of carbonyl (C=O) groups is 1.